The van der Waals surface area contributed by atoms with Crippen molar-refractivity contribution in [3.05, 3.63) is 35.4 Å². The molecule has 2 aliphatic rings. The minimum absolute atomic E-state index is 0.112. The van der Waals surface area contributed by atoms with E-state index in [1.807, 2.05) is 18.2 Å². The van der Waals surface area contributed by atoms with Gasteiger partial charge < -0.3 is 10.1 Å². The number of hydrogen-bond donors (Lipinski definition) is 1. The second kappa shape index (κ2) is 5.74. The molecule has 1 fully saturated rings. The molecule has 1 aliphatic heterocycles. The molecular formula is C16H21NO2. The molecule has 0 radical (unpaired) electrons. The van der Waals surface area contributed by atoms with Crippen molar-refractivity contribution < 1.29 is 9.53 Å². The van der Waals surface area contributed by atoms with Crippen molar-refractivity contribution in [1.82, 2.24) is 5.32 Å². The zero-order chi connectivity index (χ0) is 13.1. The van der Waals surface area contributed by atoms with Crippen LogP contribution in [0.4, 0.5) is 0 Å². The van der Waals surface area contributed by atoms with Gasteiger partial charge in [-0.25, -0.2) is 4.79 Å². The molecule has 19 heavy (non-hydrogen) atoms. The lowest BCUT2D eigenvalue weighted by molar-refractivity contribution is -0.147. The molecule has 1 N–H and O–H groups in total. The maximum atomic E-state index is 12.2. The van der Waals surface area contributed by atoms with Crippen LogP contribution in [0.15, 0.2) is 24.3 Å². The van der Waals surface area contributed by atoms with E-state index in [-0.39, 0.29) is 12.0 Å². The number of hydrogen-bond acceptors (Lipinski definition) is 3. The number of nitrogens with one attached hydrogen (secondary N) is 1. The van der Waals surface area contributed by atoms with Gasteiger partial charge in [0.25, 0.3) is 0 Å². The van der Waals surface area contributed by atoms with Crippen LogP contribution in [0.5, 0.6) is 0 Å². The Morgan fingerprint density at radius 3 is 2.89 bits per heavy atom. The number of fused-ring (bicyclic) bond motifs is 1. The van der Waals surface area contributed by atoms with Crippen LogP contribution >= 0.6 is 0 Å². The van der Waals surface area contributed by atoms with Gasteiger partial charge in [0, 0.05) is 6.54 Å². The molecule has 1 heterocycles. The molecule has 3 heteroatoms. The fourth-order valence-electron chi connectivity index (χ4n) is 3.18. The third-order valence-electron chi connectivity index (χ3n) is 4.28. The first-order valence-corrected chi connectivity index (χ1v) is 7.32. The summed E-state index contributed by atoms with van der Waals surface area (Å²) in [5, 5.41) is 3.28. The van der Waals surface area contributed by atoms with Crippen molar-refractivity contribution in [3.63, 3.8) is 0 Å². The summed E-state index contributed by atoms with van der Waals surface area (Å²) in [5.41, 5.74) is 2.36. The summed E-state index contributed by atoms with van der Waals surface area (Å²) in [6.45, 7) is 1.44. The Balaban J connectivity index is 1.64. The summed E-state index contributed by atoms with van der Waals surface area (Å²) in [6, 6.07) is 7.89. The van der Waals surface area contributed by atoms with E-state index in [0.717, 1.165) is 18.5 Å². The average Bonchev–Trinajstić information content (AvgIpc) is 2.97. The molecule has 1 saturated carbocycles. The van der Waals surface area contributed by atoms with Crippen LogP contribution in [0.25, 0.3) is 0 Å². The van der Waals surface area contributed by atoms with Gasteiger partial charge in [0.15, 0.2) is 0 Å². The van der Waals surface area contributed by atoms with Gasteiger partial charge in [-0.05, 0) is 36.3 Å². The van der Waals surface area contributed by atoms with Crippen molar-refractivity contribution in [2.75, 3.05) is 13.2 Å². The average molecular weight is 259 g/mol. The Morgan fingerprint density at radius 2 is 2.05 bits per heavy atom. The van der Waals surface area contributed by atoms with E-state index in [9.17, 15) is 4.79 Å². The van der Waals surface area contributed by atoms with E-state index < -0.39 is 0 Å². The third kappa shape index (κ3) is 2.81. The summed E-state index contributed by atoms with van der Waals surface area (Å²) in [5.74, 6) is 0.474. The highest BCUT2D eigenvalue weighted by Crippen LogP contribution is 2.27. The summed E-state index contributed by atoms with van der Waals surface area (Å²) < 4.78 is 5.52. The quantitative estimate of drug-likeness (QED) is 0.848. The van der Waals surface area contributed by atoms with E-state index in [1.54, 1.807) is 0 Å². The summed E-state index contributed by atoms with van der Waals surface area (Å²) in [4.78, 5) is 12.2. The fourth-order valence-corrected chi connectivity index (χ4v) is 3.18. The zero-order valence-electron chi connectivity index (χ0n) is 11.2. The fraction of sp³-hybridized carbons (Fsp3) is 0.562. The van der Waals surface area contributed by atoms with Crippen molar-refractivity contribution in [3.8, 4) is 0 Å². The summed E-state index contributed by atoms with van der Waals surface area (Å²) >= 11 is 0. The van der Waals surface area contributed by atoms with E-state index >= 15 is 0 Å². The van der Waals surface area contributed by atoms with E-state index in [0.29, 0.717) is 12.5 Å². The minimum Gasteiger partial charge on any atom is -0.464 e. The van der Waals surface area contributed by atoms with E-state index in [2.05, 4.69) is 11.4 Å². The first kappa shape index (κ1) is 12.7. The molecule has 1 aliphatic carbocycles. The van der Waals surface area contributed by atoms with Crippen molar-refractivity contribution in [1.29, 1.82) is 0 Å². The number of ether oxygens (including phenoxy) is 1. The van der Waals surface area contributed by atoms with Crippen molar-refractivity contribution >= 4 is 5.97 Å². The van der Waals surface area contributed by atoms with Crippen LogP contribution in [0.3, 0.4) is 0 Å². The number of benzene rings is 1. The lowest BCUT2D eigenvalue weighted by Gasteiger charge is -2.25. The highest BCUT2D eigenvalue weighted by molar-refractivity contribution is 5.78. The molecule has 1 aromatic carbocycles. The standard InChI is InChI=1S/C16H21NO2/c18-16(19-11-12-5-1-2-6-12)15-14-8-4-3-7-13(14)9-10-17-15/h3-4,7-8,12,15,17H,1-2,5-6,9-11H2. The SMILES string of the molecule is O=C(OCC1CCCC1)C1NCCc2ccccc21. The minimum atomic E-state index is -0.272. The Morgan fingerprint density at radius 1 is 1.26 bits per heavy atom. The normalized spacial score (nSPS) is 23.1. The lowest BCUT2D eigenvalue weighted by atomic mass is 9.94. The Bertz CT molecular complexity index is 452. The lowest BCUT2D eigenvalue weighted by Crippen LogP contribution is -2.36. The number of rotatable bonds is 3. The predicted molar refractivity (Wildman–Crippen MR) is 73.8 cm³/mol. The Kier molecular flexibility index (Phi) is 3.83. The molecule has 3 rings (SSSR count). The maximum absolute atomic E-state index is 12.2. The maximum Gasteiger partial charge on any atom is 0.327 e. The van der Waals surface area contributed by atoms with Crippen LogP contribution in [0, 0.1) is 5.92 Å². The molecule has 0 aromatic heterocycles. The highest BCUT2D eigenvalue weighted by Gasteiger charge is 2.28. The molecule has 1 aromatic rings. The monoisotopic (exact) mass is 259 g/mol. The van der Waals surface area contributed by atoms with Gasteiger partial charge >= 0.3 is 5.97 Å². The van der Waals surface area contributed by atoms with Gasteiger partial charge in [-0.2, -0.15) is 0 Å². The van der Waals surface area contributed by atoms with Gasteiger partial charge in [-0.15, -0.1) is 0 Å². The third-order valence-corrected chi connectivity index (χ3v) is 4.28. The topological polar surface area (TPSA) is 38.3 Å². The van der Waals surface area contributed by atoms with E-state index in [1.165, 1.54) is 31.2 Å². The zero-order valence-corrected chi connectivity index (χ0v) is 11.2. The molecule has 0 bridgehead atoms. The number of carbonyl (C=O) groups excluding carboxylic acids is 1. The molecule has 1 atom stereocenters. The second-order valence-electron chi connectivity index (χ2n) is 5.62. The molecule has 0 amide bonds. The van der Waals surface area contributed by atoms with Crippen molar-refractivity contribution in [2.24, 2.45) is 5.92 Å². The van der Waals surface area contributed by atoms with Gasteiger partial charge in [-0.3, -0.25) is 0 Å². The van der Waals surface area contributed by atoms with E-state index in [4.69, 9.17) is 4.74 Å². The van der Waals surface area contributed by atoms with Crippen molar-refractivity contribution in [2.45, 2.75) is 38.1 Å². The largest absolute Gasteiger partial charge is 0.464 e. The summed E-state index contributed by atoms with van der Waals surface area (Å²) in [7, 11) is 0. The first-order chi connectivity index (χ1) is 9.34. The van der Waals surface area contributed by atoms with Gasteiger partial charge in [0.05, 0.1) is 6.61 Å². The summed E-state index contributed by atoms with van der Waals surface area (Å²) in [6.07, 6.45) is 5.98. The molecule has 102 valence electrons. The van der Waals surface area contributed by atoms with Crippen LogP contribution in [0.2, 0.25) is 0 Å². The molecular weight excluding hydrogens is 238 g/mol. The smallest absolute Gasteiger partial charge is 0.327 e. The molecule has 3 nitrogen and oxygen atoms in total. The predicted octanol–water partition coefficient (Wildman–Crippen LogP) is 2.61. The van der Waals surface area contributed by atoms with Crippen LogP contribution in [-0.4, -0.2) is 19.1 Å². The first-order valence-electron chi connectivity index (χ1n) is 7.32. The second-order valence-corrected chi connectivity index (χ2v) is 5.62. The van der Waals surface area contributed by atoms with Crippen LogP contribution in [0.1, 0.15) is 42.9 Å². The molecule has 0 spiro atoms. The van der Waals surface area contributed by atoms with Gasteiger partial charge in [0.2, 0.25) is 0 Å². The van der Waals surface area contributed by atoms with Gasteiger partial charge in [0.1, 0.15) is 6.04 Å². The number of esters is 1. The molecule has 1 unspecified atom stereocenters. The Hall–Kier alpha value is -1.35. The molecule has 0 saturated heterocycles. The van der Waals surface area contributed by atoms with Crippen LogP contribution < -0.4 is 5.32 Å². The highest BCUT2D eigenvalue weighted by atomic mass is 16.5. The van der Waals surface area contributed by atoms with Crippen LogP contribution in [-0.2, 0) is 16.0 Å². The Labute approximate surface area is 114 Å². The number of carbonyl (C=O) groups is 1. The van der Waals surface area contributed by atoms with Gasteiger partial charge in [-0.1, -0.05) is 37.1 Å².